The number of nitrogens with zero attached hydrogens (tertiary/aromatic N) is 1. The highest BCUT2D eigenvalue weighted by Crippen LogP contribution is 2.52. The zero-order valence-electron chi connectivity index (χ0n) is 30.3. The lowest BCUT2D eigenvalue weighted by Gasteiger charge is -2.29. The number of esters is 2. The topological polar surface area (TPSA) is 65.1 Å². The summed E-state index contributed by atoms with van der Waals surface area (Å²) < 4.78 is 17.2. The van der Waals surface area contributed by atoms with E-state index in [0.717, 1.165) is 34.8 Å². The van der Waals surface area contributed by atoms with Gasteiger partial charge in [0.2, 0.25) is 0 Å². The Balaban J connectivity index is 1.34. The summed E-state index contributed by atoms with van der Waals surface area (Å²) >= 11 is 0. The van der Waals surface area contributed by atoms with E-state index in [1.54, 1.807) is 12.1 Å². The Morgan fingerprint density at radius 3 is 1.59 bits per heavy atom. The molecule has 0 aliphatic heterocycles. The second kappa shape index (κ2) is 13.8. The fourth-order valence-electron chi connectivity index (χ4n) is 6.63. The van der Waals surface area contributed by atoms with Gasteiger partial charge in [-0.1, -0.05) is 51.3 Å². The maximum absolute atomic E-state index is 12.0. The molecule has 51 heavy (non-hydrogen) atoms. The molecule has 6 heteroatoms. The van der Waals surface area contributed by atoms with Crippen molar-refractivity contribution in [2.75, 3.05) is 4.90 Å². The first kappa shape index (κ1) is 35.0. The summed E-state index contributed by atoms with van der Waals surface area (Å²) in [5.74, 6) is -0.159. The standard InChI is InChI=1S/C45H43NO5/c1-10-43(47)50-37-22-32(23-38(25-37)51-44(48)11-2)31(7)49-36-17-19-40-39-18-16-35(24-41(39)45(8,9)42(40)26-36)46(33-14-12-27(3)29(5)20-33)34-15-13-28(4)30(6)21-34/h10-26,31H,1-2H2,3-9H3. The second-order valence-corrected chi connectivity index (χ2v) is 13.7. The molecule has 1 aliphatic rings. The van der Waals surface area contributed by atoms with E-state index in [0.29, 0.717) is 11.3 Å². The van der Waals surface area contributed by atoms with Crippen molar-refractivity contribution in [2.24, 2.45) is 0 Å². The molecule has 0 fully saturated rings. The molecule has 1 aliphatic carbocycles. The van der Waals surface area contributed by atoms with Gasteiger partial charge in [-0.15, -0.1) is 0 Å². The summed E-state index contributed by atoms with van der Waals surface area (Å²) in [7, 11) is 0. The highest BCUT2D eigenvalue weighted by Gasteiger charge is 2.36. The first-order valence-corrected chi connectivity index (χ1v) is 17.0. The van der Waals surface area contributed by atoms with Crippen LogP contribution in [-0.2, 0) is 15.0 Å². The van der Waals surface area contributed by atoms with Gasteiger partial charge in [-0.25, -0.2) is 9.59 Å². The summed E-state index contributed by atoms with van der Waals surface area (Å²) in [6.45, 7) is 21.9. The number of benzene rings is 5. The number of ether oxygens (including phenoxy) is 3. The monoisotopic (exact) mass is 677 g/mol. The molecule has 0 saturated heterocycles. The Morgan fingerprint density at radius 2 is 1.08 bits per heavy atom. The van der Waals surface area contributed by atoms with E-state index < -0.39 is 18.0 Å². The SMILES string of the molecule is C=CC(=O)Oc1cc(OC(=O)C=C)cc(C(C)Oc2ccc3c(c2)C(C)(C)c2cc(N(c4ccc(C)c(C)c4)c4ccc(C)c(C)c4)ccc2-3)c1. The molecule has 0 amide bonds. The van der Waals surface area contributed by atoms with Gasteiger partial charge in [0.1, 0.15) is 23.4 Å². The van der Waals surface area contributed by atoms with Crippen molar-refractivity contribution < 1.29 is 23.8 Å². The molecule has 0 bridgehead atoms. The molecule has 258 valence electrons. The van der Waals surface area contributed by atoms with Gasteiger partial charge >= 0.3 is 11.9 Å². The van der Waals surface area contributed by atoms with Crippen molar-refractivity contribution in [1.29, 1.82) is 0 Å². The summed E-state index contributed by atoms with van der Waals surface area (Å²) in [5.41, 5.74) is 13.5. The molecular formula is C45H43NO5. The zero-order valence-corrected chi connectivity index (χ0v) is 30.3. The van der Waals surface area contributed by atoms with Gasteiger partial charge in [-0.3, -0.25) is 0 Å². The third-order valence-corrected chi connectivity index (χ3v) is 9.84. The predicted molar refractivity (Wildman–Crippen MR) is 205 cm³/mol. The molecule has 0 radical (unpaired) electrons. The summed E-state index contributed by atoms with van der Waals surface area (Å²) in [6, 6.07) is 31.1. The van der Waals surface area contributed by atoms with E-state index in [1.807, 2.05) is 13.0 Å². The van der Waals surface area contributed by atoms with Crippen LogP contribution >= 0.6 is 0 Å². The van der Waals surface area contributed by atoms with Crippen molar-refractivity contribution in [3.8, 4) is 28.4 Å². The molecule has 6 nitrogen and oxygen atoms in total. The van der Waals surface area contributed by atoms with E-state index in [4.69, 9.17) is 14.2 Å². The fraction of sp³-hybridized carbons (Fsp3) is 0.200. The van der Waals surface area contributed by atoms with Crippen LogP contribution in [0.1, 0.15) is 65.8 Å². The second-order valence-electron chi connectivity index (χ2n) is 13.7. The molecule has 0 N–H and O–H groups in total. The lowest BCUT2D eigenvalue weighted by atomic mass is 9.82. The van der Waals surface area contributed by atoms with Gasteiger partial charge in [-0.05, 0) is 145 Å². The van der Waals surface area contributed by atoms with E-state index in [-0.39, 0.29) is 16.9 Å². The molecule has 1 unspecified atom stereocenters. The number of carbonyl (C=O) groups is 2. The Hall–Kier alpha value is -5.88. The molecule has 5 aromatic rings. The number of carbonyl (C=O) groups excluding carboxylic acids is 2. The van der Waals surface area contributed by atoms with Crippen molar-refractivity contribution in [1.82, 2.24) is 0 Å². The van der Waals surface area contributed by atoms with Crippen molar-refractivity contribution in [3.05, 3.63) is 155 Å². The van der Waals surface area contributed by atoms with E-state index in [2.05, 4.69) is 126 Å². The Morgan fingerprint density at radius 1 is 0.608 bits per heavy atom. The number of fused-ring (bicyclic) bond motifs is 3. The van der Waals surface area contributed by atoms with Crippen LogP contribution in [0.3, 0.4) is 0 Å². The van der Waals surface area contributed by atoms with Gasteiger partial charge in [0.25, 0.3) is 0 Å². The predicted octanol–water partition coefficient (Wildman–Crippen LogP) is 11.0. The minimum absolute atomic E-state index is 0.205. The lowest BCUT2D eigenvalue weighted by Crippen LogP contribution is -2.17. The van der Waals surface area contributed by atoms with E-state index >= 15 is 0 Å². The Labute approximate surface area is 300 Å². The summed E-state index contributed by atoms with van der Waals surface area (Å²) in [4.78, 5) is 26.3. The van der Waals surface area contributed by atoms with E-state index in [1.165, 1.54) is 45.0 Å². The van der Waals surface area contributed by atoms with Crippen LogP contribution < -0.4 is 19.1 Å². The maximum atomic E-state index is 12.0. The largest absolute Gasteiger partial charge is 0.486 e. The van der Waals surface area contributed by atoms with Crippen LogP contribution in [0.5, 0.6) is 17.2 Å². The molecule has 1 atom stereocenters. The van der Waals surface area contributed by atoms with Gasteiger partial charge in [-0.2, -0.15) is 0 Å². The quantitative estimate of drug-likeness (QED) is 0.0833. The van der Waals surface area contributed by atoms with E-state index in [9.17, 15) is 9.59 Å². The molecule has 0 spiro atoms. The minimum Gasteiger partial charge on any atom is -0.486 e. The maximum Gasteiger partial charge on any atom is 0.335 e. The number of hydrogen-bond donors (Lipinski definition) is 0. The molecular weight excluding hydrogens is 634 g/mol. The molecule has 0 aromatic heterocycles. The number of anilines is 3. The Kier molecular flexibility index (Phi) is 9.46. The van der Waals surface area contributed by atoms with Crippen LogP contribution in [0, 0.1) is 27.7 Å². The number of hydrogen-bond acceptors (Lipinski definition) is 6. The van der Waals surface area contributed by atoms with Crippen LogP contribution in [-0.4, -0.2) is 11.9 Å². The van der Waals surface area contributed by atoms with Crippen LogP contribution in [0.2, 0.25) is 0 Å². The van der Waals surface area contributed by atoms with Crippen molar-refractivity contribution >= 4 is 29.0 Å². The first-order chi connectivity index (χ1) is 24.3. The summed E-state index contributed by atoms with van der Waals surface area (Å²) in [5, 5.41) is 0. The summed E-state index contributed by atoms with van der Waals surface area (Å²) in [6.07, 6.45) is 1.66. The van der Waals surface area contributed by atoms with Gasteiger partial charge in [0.05, 0.1) is 0 Å². The fourth-order valence-corrected chi connectivity index (χ4v) is 6.63. The zero-order chi connectivity index (χ0) is 36.6. The average Bonchev–Trinajstić information content (AvgIpc) is 3.32. The normalized spacial score (nSPS) is 13.0. The van der Waals surface area contributed by atoms with Gasteiger partial charge in [0, 0.05) is 40.7 Å². The minimum atomic E-state index is -0.628. The number of rotatable bonds is 10. The highest BCUT2D eigenvalue weighted by molar-refractivity contribution is 5.87. The van der Waals surface area contributed by atoms with Crippen LogP contribution in [0.15, 0.2) is 116 Å². The highest BCUT2D eigenvalue weighted by atomic mass is 16.5. The van der Waals surface area contributed by atoms with Crippen molar-refractivity contribution in [3.63, 3.8) is 0 Å². The third kappa shape index (κ3) is 6.95. The van der Waals surface area contributed by atoms with Crippen LogP contribution in [0.25, 0.3) is 11.1 Å². The first-order valence-electron chi connectivity index (χ1n) is 17.0. The van der Waals surface area contributed by atoms with Crippen molar-refractivity contribution in [2.45, 2.75) is 60.0 Å². The molecule has 6 rings (SSSR count). The van der Waals surface area contributed by atoms with Gasteiger partial charge in [0.15, 0.2) is 0 Å². The smallest absolute Gasteiger partial charge is 0.335 e. The molecule has 0 saturated carbocycles. The van der Waals surface area contributed by atoms with Crippen LogP contribution in [0.4, 0.5) is 17.1 Å². The molecule has 0 heterocycles. The number of aryl methyl sites for hydroxylation is 4. The van der Waals surface area contributed by atoms with Gasteiger partial charge < -0.3 is 19.1 Å². The lowest BCUT2D eigenvalue weighted by molar-refractivity contribution is -0.129. The molecule has 5 aromatic carbocycles. The third-order valence-electron chi connectivity index (χ3n) is 9.84. The average molecular weight is 678 g/mol. The Bertz CT molecular complexity index is 2120.